The van der Waals surface area contributed by atoms with Crippen molar-refractivity contribution in [2.75, 3.05) is 13.1 Å². The largest absolute Gasteiger partial charge is 0.355 e. The Kier molecular flexibility index (Phi) is 3.93. The molecular formula is C11H22N2O. The quantitative estimate of drug-likeness (QED) is 0.699. The van der Waals surface area contributed by atoms with Crippen LogP contribution in [0.25, 0.3) is 0 Å². The summed E-state index contributed by atoms with van der Waals surface area (Å²) < 4.78 is 0. The second-order valence-electron chi connectivity index (χ2n) is 5.32. The third kappa shape index (κ3) is 5.97. The number of carbonyl (C=O) groups excluding carboxylic acids is 1. The second-order valence-corrected chi connectivity index (χ2v) is 5.32. The average Bonchev–Trinajstić information content (AvgIpc) is 2.81. The lowest BCUT2D eigenvalue weighted by Crippen LogP contribution is -2.36. The first-order chi connectivity index (χ1) is 6.47. The summed E-state index contributed by atoms with van der Waals surface area (Å²) >= 11 is 0. The number of amides is 1. The first-order valence-electron chi connectivity index (χ1n) is 5.47. The molecule has 0 aromatic heterocycles. The van der Waals surface area contributed by atoms with E-state index in [-0.39, 0.29) is 5.91 Å². The standard InChI is InChI=1S/C11H22N2O/c1-11(2,3)6-7-12-10(14)8-13-9-4-5-9/h9,13H,4-8H2,1-3H3,(H,12,14). The molecule has 0 heterocycles. The fraction of sp³-hybridized carbons (Fsp3) is 0.909. The lowest BCUT2D eigenvalue weighted by atomic mass is 9.92. The van der Waals surface area contributed by atoms with Crippen LogP contribution in [0.15, 0.2) is 0 Å². The highest BCUT2D eigenvalue weighted by molar-refractivity contribution is 5.78. The third-order valence-corrected chi connectivity index (χ3v) is 2.33. The molecule has 0 radical (unpaired) electrons. The summed E-state index contributed by atoms with van der Waals surface area (Å²) in [7, 11) is 0. The SMILES string of the molecule is CC(C)(C)CCNC(=O)CNC1CC1. The fourth-order valence-corrected chi connectivity index (χ4v) is 1.16. The minimum absolute atomic E-state index is 0.126. The van der Waals surface area contributed by atoms with Crippen LogP contribution in [0.1, 0.15) is 40.0 Å². The Bertz CT molecular complexity index is 192. The summed E-state index contributed by atoms with van der Waals surface area (Å²) in [6, 6.07) is 0.614. The van der Waals surface area contributed by atoms with Crippen molar-refractivity contribution in [2.24, 2.45) is 5.41 Å². The first-order valence-corrected chi connectivity index (χ1v) is 5.47. The molecule has 1 fully saturated rings. The highest BCUT2D eigenvalue weighted by Gasteiger charge is 2.21. The lowest BCUT2D eigenvalue weighted by molar-refractivity contribution is -0.120. The molecule has 0 spiro atoms. The van der Waals surface area contributed by atoms with E-state index in [0.29, 0.717) is 18.0 Å². The summed E-state index contributed by atoms with van der Waals surface area (Å²) in [5.41, 5.74) is 0.303. The second kappa shape index (κ2) is 4.78. The van der Waals surface area contributed by atoms with Gasteiger partial charge in [-0.2, -0.15) is 0 Å². The van der Waals surface area contributed by atoms with Crippen molar-refractivity contribution in [1.82, 2.24) is 10.6 Å². The minimum Gasteiger partial charge on any atom is -0.355 e. The van der Waals surface area contributed by atoms with Crippen molar-refractivity contribution >= 4 is 5.91 Å². The predicted molar refractivity (Wildman–Crippen MR) is 58.1 cm³/mol. The Hall–Kier alpha value is -0.570. The minimum atomic E-state index is 0.126. The van der Waals surface area contributed by atoms with Crippen LogP contribution < -0.4 is 10.6 Å². The molecule has 3 nitrogen and oxygen atoms in total. The van der Waals surface area contributed by atoms with Gasteiger partial charge in [0.15, 0.2) is 0 Å². The van der Waals surface area contributed by atoms with Gasteiger partial charge in [-0.25, -0.2) is 0 Å². The molecule has 0 unspecified atom stereocenters. The number of hydrogen-bond acceptors (Lipinski definition) is 2. The maximum atomic E-state index is 11.3. The molecule has 1 amide bonds. The van der Waals surface area contributed by atoms with Crippen LogP contribution in [0.4, 0.5) is 0 Å². The van der Waals surface area contributed by atoms with Crippen LogP contribution in [-0.2, 0) is 4.79 Å². The van der Waals surface area contributed by atoms with Crippen LogP contribution in [-0.4, -0.2) is 25.0 Å². The molecular weight excluding hydrogens is 176 g/mol. The van der Waals surface area contributed by atoms with Crippen molar-refractivity contribution in [2.45, 2.75) is 46.1 Å². The fourth-order valence-electron chi connectivity index (χ4n) is 1.16. The summed E-state index contributed by atoms with van der Waals surface area (Å²) in [5.74, 6) is 0.126. The van der Waals surface area contributed by atoms with Gasteiger partial charge < -0.3 is 10.6 Å². The summed E-state index contributed by atoms with van der Waals surface area (Å²) in [6.45, 7) is 7.81. The molecule has 3 heteroatoms. The number of carbonyl (C=O) groups is 1. The Morgan fingerprint density at radius 1 is 1.36 bits per heavy atom. The van der Waals surface area contributed by atoms with Gasteiger partial charge in [-0.3, -0.25) is 4.79 Å². The van der Waals surface area contributed by atoms with Gasteiger partial charge in [0.25, 0.3) is 0 Å². The van der Waals surface area contributed by atoms with E-state index in [1.165, 1.54) is 12.8 Å². The van der Waals surface area contributed by atoms with E-state index < -0.39 is 0 Å². The van der Waals surface area contributed by atoms with Crippen LogP contribution in [0, 0.1) is 5.41 Å². The molecule has 2 N–H and O–H groups in total. The molecule has 14 heavy (non-hydrogen) atoms. The molecule has 0 aliphatic heterocycles. The molecule has 0 aromatic carbocycles. The normalized spacial score (nSPS) is 16.8. The molecule has 0 aromatic rings. The van der Waals surface area contributed by atoms with Crippen LogP contribution in [0.5, 0.6) is 0 Å². The Morgan fingerprint density at radius 3 is 2.50 bits per heavy atom. The highest BCUT2D eigenvalue weighted by Crippen LogP contribution is 2.18. The van der Waals surface area contributed by atoms with Gasteiger partial charge >= 0.3 is 0 Å². The molecule has 0 bridgehead atoms. The van der Waals surface area contributed by atoms with E-state index in [2.05, 4.69) is 31.4 Å². The van der Waals surface area contributed by atoms with Crippen molar-refractivity contribution in [1.29, 1.82) is 0 Å². The van der Waals surface area contributed by atoms with Crippen molar-refractivity contribution < 1.29 is 4.79 Å². The smallest absolute Gasteiger partial charge is 0.233 e. The molecule has 82 valence electrons. The van der Waals surface area contributed by atoms with Crippen LogP contribution >= 0.6 is 0 Å². The zero-order chi connectivity index (χ0) is 10.6. The zero-order valence-corrected chi connectivity index (χ0v) is 9.52. The average molecular weight is 198 g/mol. The number of nitrogens with one attached hydrogen (secondary N) is 2. The molecule has 0 atom stereocenters. The van der Waals surface area contributed by atoms with Crippen LogP contribution in [0.2, 0.25) is 0 Å². The highest BCUT2D eigenvalue weighted by atomic mass is 16.1. The summed E-state index contributed by atoms with van der Waals surface area (Å²) in [6.07, 6.45) is 3.49. The van der Waals surface area contributed by atoms with E-state index in [1.54, 1.807) is 0 Å². The predicted octanol–water partition coefficient (Wildman–Crippen LogP) is 1.29. The van der Waals surface area contributed by atoms with Gasteiger partial charge in [-0.05, 0) is 24.7 Å². The van der Waals surface area contributed by atoms with Gasteiger partial charge in [0.2, 0.25) is 5.91 Å². The Balaban J connectivity index is 1.96. The zero-order valence-electron chi connectivity index (χ0n) is 9.52. The molecule has 1 aliphatic carbocycles. The van der Waals surface area contributed by atoms with E-state index in [9.17, 15) is 4.79 Å². The van der Waals surface area contributed by atoms with E-state index in [4.69, 9.17) is 0 Å². The molecule has 1 rings (SSSR count). The van der Waals surface area contributed by atoms with E-state index in [1.807, 2.05) is 0 Å². The molecule has 1 saturated carbocycles. The Labute approximate surface area is 86.6 Å². The Morgan fingerprint density at radius 2 is 2.00 bits per heavy atom. The van der Waals surface area contributed by atoms with Gasteiger partial charge in [0.05, 0.1) is 6.54 Å². The number of rotatable bonds is 5. The molecule has 1 aliphatic rings. The maximum absolute atomic E-state index is 11.3. The van der Waals surface area contributed by atoms with E-state index in [0.717, 1.165) is 13.0 Å². The van der Waals surface area contributed by atoms with Gasteiger partial charge in [0.1, 0.15) is 0 Å². The van der Waals surface area contributed by atoms with Gasteiger partial charge in [0, 0.05) is 12.6 Å². The summed E-state index contributed by atoms with van der Waals surface area (Å²) in [5, 5.41) is 6.11. The van der Waals surface area contributed by atoms with Crippen molar-refractivity contribution in [3.63, 3.8) is 0 Å². The van der Waals surface area contributed by atoms with E-state index >= 15 is 0 Å². The first kappa shape index (κ1) is 11.5. The van der Waals surface area contributed by atoms with Gasteiger partial charge in [-0.15, -0.1) is 0 Å². The van der Waals surface area contributed by atoms with Gasteiger partial charge in [-0.1, -0.05) is 20.8 Å². The monoisotopic (exact) mass is 198 g/mol. The maximum Gasteiger partial charge on any atom is 0.233 e. The third-order valence-electron chi connectivity index (χ3n) is 2.33. The lowest BCUT2D eigenvalue weighted by Gasteiger charge is -2.18. The van der Waals surface area contributed by atoms with Crippen molar-refractivity contribution in [3.05, 3.63) is 0 Å². The number of hydrogen-bond donors (Lipinski definition) is 2. The molecule has 0 saturated heterocycles. The van der Waals surface area contributed by atoms with Crippen molar-refractivity contribution in [3.8, 4) is 0 Å². The van der Waals surface area contributed by atoms with Crippen LogP contribution in [0.3, 0.4) is 0 Å². The summed E-state index contributed by atoms with van der Waals surface area (Å²) in [4.78, 5) is 11.3. The topological polar surface area (TPSA) is 41.1 Å².